The predicted octanol–water partition coefficient (Wildman–Crippen LogP) is 9.75. The quantitative estimate of drug-likeness (QED) is 0.263. The van der Waals surface area contributed by atoms with Gasteiger partial charge >= 0.3 is 0 Å². The first-order valence-electron chi connectivity index (χ1n) is 15.7. The van der Waals surface area contributed by atoms with E-state index in [1.54, 1.807) is 16.0 Å². The van der Waals surface area contributed by atoms with Crippen LogP contribution in [-0.2, 0) is 0 Å². The molecular formula is C40H37NSSi. The van der Waals surface area contributed by atoms with E-state index in [4.69, 9.17) is 0 Å². The van der Waals surface area contributed by atoms with Crippen LogP contribution in [0, 0.1) is 5.92 Å². The fourth-order valence-corrected chi connectivity index (χ4v) is 16.4. The van der Waals surface area contributed by atoms with Crippen LogP contribution in [0.5, 0.6) is 0 Å². The molecular weight excluding hydrogens is 555 g/mol. The van der Waals surface area contributed by atoms with E-state index in [1.165, 1.54) is 16.9 Å². The van der Waals surface area contributed by atoms with Crippen molar-refractivity contribution in [3.8, 4) is 0 Å². The molecule has 0 bridgehead atoms. The van der Waals surface area contributed by atoms with Gasteiger partial charge in [0.25, 0.3) is 0 Å². The fourth-order valence-electron chi connectivity index (χ4n) is 8.39. The molecule has 0 aromatic heterocycles. The Morgan fingerprint density at radius 3 is 2.16 bits per heavy atom. The van der Waals surface area contributed by atoms with Crippen LogP contribution in [0.15, 0.2) is 174 Å². The average Bonchev–Trinajstić information content (AvgIpc) is 3.71. The van der Waals surface area contributed by atoms with Gasteiger partial charge in [-0.25, -0.2) is 0 Å². The molecule has 3 aromatic rings. The number of rotatable bonds is 6. The number of anilines is 1. The van der Waals surface area contributed by atoms with E-state index in [0.717, 1.165) is 19.3 Å². The van der Waals surface area contributed by atoms with Crippen LogP contribution in [0.4, 0.5) is 5.69 Å². The zero-order chi connectivity index (χ0) is 28.6. The molecule has 0 saturated heterocycles. The maximum atomic E-state index is 2.65. The first kappa shape index (κ1) is 26.8. The van der Waals surface area contributed by atoms with Crippen LogP contribution >= 0.6 is 11.8 Å². The van der Waals surface area contributed by atoms with Gasteiger partial charge in [-0.15, -0.1) is 11.8 Å². The van der Waals surface area contributed by atoms with Gasteiger partial charge in [-0.05, 0) is 65.1 Å². The maximum Gasteiger partial charge on any atom is 0.128 e. The molecule has 212 valence electrons. The van der Waals surface area contributed by atoms with Gasteiger partial charge < -0.3 is 4.90 Å². The summed E-state index contributed by atoms with van der Waals surface area (Å²) in [7, 11) is -2.31. The van der Waals surface area contributed by atoms with Crippen molar-refractivity contribution in [3.05, 3.63) is 179 Å². The Morgan fingerprint density at radius 1 is 0.674 bits per heavy atom. The Balaban J connectivity index is 1.25. The van der Waals surface area contributed by atoms with E-state index < -0.39 is 8.07 Å². The van der Waals surface area contributed by atoms with E-state index >= 15 is 0 Å². The lowest BCUT2D eigenvalue weighted by atomic mass is 9.86. The molecule has 3 aliphatic carbocycles. The Bertz CT molecular complexity index is 1700. The Morgan fingerprint density at radius 2 is 1.40 bits per heavy atom. The molecule has 0 radical (unpaired) electrons. The van der Waals surface area contributed by atoms with Crippen LogP contribution in [0.3, 0.4) is 0 Å². The molecule has 0 spiro atoms. The van der Waals surface area contributed by atoms with Gasteiger partial charge in [0.15, 0.2) is 0 Å². The molecule has 0 N–H and O–H groups in total. The minimum absolute atomic E-state index is 0.342. The summed E-state index contributed by atoms with van der Waals surface area (Å²) in [6, 6.07) is 34.2. The van der Waals surface area contributed by atoms with Crippen LogP contribution < -0.4 is 10.1 Å². The summed E-state index contributed by atoms with van der Waals surface area (Å²) in [5.74, 6) is 0.418. The van der Waals surface area contributed by atoms with E-state index in [1.807, 2.05) is 0 Å². The van der Waals surface area contributed by atoms with Crippen molar-refractivity contribution in [1.82, 2.24) is 0 Å². The molecule has 3 heteroatoms. The highest BCUT2D eigenvalue weighted by atomic mass is 32.2. The third kappa shape index (κ3) is 4.53. The molecule has 3 aromatic carbocycles. The maximum absolute atomic E-state index is 2.65. The van der Waals surface area contributed by atoms with Gasteiger partial charge in [-0.3, -0.25) is 0 Å². The number of para-hydroxylation sites is 1. The summed E-state index contributed by atoms with van der Waals surface area (Å²) < 4.78 is 0. The standard InChI is InChI=1S/C40H37NSSi/c1-5-15-30(16-6-1)40-28-35(29-42-40)43(32-19-9-3-10-20-32,33-21-11-4-12-22-33)34-25-26-39-37(27-34)36-23-13-14-24-38(36)41(39)31-17-7-2-8-18-31/h1-21,23-26,29,33-34,36,38,40H,22,27-28H2. The van der Waals surface area contributed by atoms with Crippen LogP contribution in [0.2, 0.25) is 11.1 Å². The third-order valence-corrected chi connectivity index (χ3v) is 17.5. The third-order valence-electron chi connectivity index (χ3n) is 10.2. The summed E-state index contributed by atoms with van der Waals surface area (Å²) >= 11 is 2.05. The fraction of sp³-hybridized carbons (Fsp3) is 0.200. The van der Waals surface area contributed by atoms with Gasteiger partial charge in [0.1, 0.15) is 8.07 Å². The minimum Gasteiger partial charge on any atom is -0.334 e. The lowest BCUT2D eigenvalue weighted by molar-refractivity contribution is 0.655. The minimum atomic E-state index is -2.31. The first-order valence-corrected chi connectivity index (χ1v) is 18.8. The number of fused-ring (bicyclic) bond motifs is 2. The van der Waals surface area contributed by atoms with E-state index in [9.17, 15) is 0 Å². The zero-order valence-electron chi connectivity index (χ0n) is 24.4. The Hall–Kier alpha value is -3.79. The molecule has 5 aliphatic rings. The highest BCUT2D eigenvalue weighted by Gasteiger charge is 2.53. The summed E-state index contributed by atoms with van der Waals surface area (Å²) in [5.41, 5.74) is 6.80. The van der Waals surface area contributed by atoms with Crippen molar-refractivity contribution in [1.29, 1.82) is 0 Å². The van der Waals surface area contributed by atoms with Gasteiger partial charge in [-0.1, -0.05) is 144 Å². The number of allylic oxidation sites excluding steroid dienone is 9. The summed E-state index contributed by atoms with van der Waals surface area (Å²) in [4.78, 5) is 2.60. The number of benzene rings is 3. The lowest BCUT2D eigenvalue weighted by Gasteiger charge is -2.46. The highest BCUT2D eigenvalue weighted by molar-refractivity contribution is 8.02. The molecule has 6 unspecified atom stereocenters. The average molecular weight is 592 g/mol. The van der Waals surface area contributed by atoms with Crippen molar-refractivity contribution < 1.29 is 0 Å². The SMILES string of the molecule is C1=CCC([Si](C2=CSC(c3ccccc3)C2)(c2ccccc2)C2C=CC3=C(C2)C2C=CC=CC2N3c2ccccc2)C=C1. The largest absolute Gasteiger partial charge is 0.334 e. The monoisotopic (exact) mass is 591 g/mol. The Labute approximate surface area is 261 Å². The number of hydrogen-bond acceptors (Lipinski definition) is 2. The predicted molar refractivity (Wildman–Crippen MR) is 187 cm³/mol. The number of thioether (sulfide) groups is 1. The van der Waals surface area contributed by atoms with Crippen LogP contribution in [0.1, 0.15) is 30.1 Å². The molecule has 0 fully saturated rings. The molecule has 43 heavy (non-hydrogen) atoms. The Kier molecular flexibility index (Phi) is 7.09. The molecule has 0 saturated carbocycles. The van der Waals surface area contributed by atoms with Gasteiger partial charge in [0.2, 0.25) is 0 Å². The highest BCUT2D eigenvalue weighted by Crippen LogP contribution is 2.57. The summed E-state index contributed by atoms with van der Waals surface area (Å²) in [5, 5.41) is 6.42. The molecule has 8 rings (SSSR count). The van der Waals surface area contributed by atoms with E-state index in [-0.39, 0.29) is 0 Å². The first-order chi connectivity index (χ1) is 21.3. The van der Waals surface area contributed by atoms with E-state index in [2.05, 4.69) is 174 Å². The van der Waals surface area contributed by atoms with Gasteiger partial charge in [-0.2, -0.15) is 0 Å². The van der Waals surface area contributed by atoms with E-state index in [0.29, 0.717) is 28.3 Å². The van der Waals surface area contributed by atoms with Gasteiger partial charge in [0, 0.05) is 22.6 Å². The zero-order valence-corrected chi connectivity index (χ0v) is 26.2. The van der Waals surface area contributed by atoms with Gasteiger partial charge in [0.05, 0.1) is 6.04 Å². The smallest absolute Gasteiger partial charge is 0.128 e. The second kappa shape index (κ2) is 11.4. The summed E-state index contributed by atoms with van der Waals surface area (Å²) in [6.45, 7) is 0. The van der Waals surface area contributed by atoms with Crippen molar-refractivity contribution in [2.24, 2.45) is 5.92 Å². The second-order valence-electron chi connectivity index (χ2n) is 12.3. The number of hydrogen-bond donors (Lipinski definition) is 0. The second-order valence-corrected chi connectivity index (χ2v) is 17.9. The molecule has 6 atom stereocenters. The molecule has 1 nitrogen and oxygen atoms in total. The summed E-state index contributed by atoms with van der Waals surface area (Å²) in [6.07, 6.45) is 27.5. The van der Waals surface area contributed by atoms with Crippen molar-refractivity contribution >= 4 is 30.7 Å². The van der Waals surface area contributed by atoms with Crippen molar-refractivity contribution in [2.75, 3.05) is 4.90 Å². The molecule has 0 amide bonds. The van der Waals surface area contributed by atoms with Crippen molar-refractivity contribution in [3.63, 3.8) is 0 Å². The topological polar surface area (TPSA) is 3.24 Å². The molecule has 2 heterocycles. The lowest BCUT2D eigenvalue weighted by Crippen LogP contribution is -2.57. The number of nitrogens with zero attached hydrogens (tertiary/aromatic N) is 1. The van der Waals surface area contributed by atoms with Crippen molar-refractivity contribution in [2.45, 2.75) is 41.6 Å². The normalized spacial score (nSPS) is 28.5. The van der Waals surface area contributed by atoms with Crippen LogP contribution in [-0.4, -0.2) is 14.1 Å². The van der Waals surface area contributed by atoms with Crippen LogP contribution in [0.25, 0.3) is 0 Å². The molecule has 2 aliphatic heterocycles.